The number of hydrogen-bond donors (Lipinski definition) is 1. The highest BCUT2D eigenvalue weighted by Crippen LogP contribution is 2.51. The highest BCUT2D eigenvalue weighted by atomic mass is 16.6. The molecule has 0 bridgehead atoms. The van der Waals surface area contributed by atoms with Crippen LogP contribution in [-0.4, -0.2) is 24.7 Å². The first-order valence-electron chi connectivity index (χ1n) is 7.94. The first kappa shape index (κ1) is 14.6. The molecule has 1 aromatic carbocycles. The van der Waals surface area contributed by atoms with Crippen molar-refractivity contribution in [2.45, 2.75) is 57.0 Å². The summed E-state index contributed by atoms with van der Waals surface area (Å²) in [4.78, 5) is 12.6. The minimum absolute atomic E-state index is 0.0645. The number of nitrogens with one attached hydrogen (secondary N) is 1. The molecule has 3 heteroatoms. The Morgan fingerprint density at radius 3 is 2.57 bits per heavy atom. The van der Waals surface area contributed by atoms with E-state index in [2.05, 4.69) is 23.5 Å². The summed E-state index contributed by atoms with van der Waals surface area (Å²) < 4.78 is 5.66. The Kier molecular flexibility index (Phi) is 3.56. The van der Waals surface area contributed by atoms with Crippen LogP contribution in [0, 0.1) is 0 Å². The maximum absolute atomic E-state index is 12.6. The van der Waals surface area contributed by atoms with Gasteiger partial charge in [-0.05, 0) is 69.7 Å². The van der Waals surface area contributed by atoms with Crippen LogP contribution in [-0.2, 0) is 14.9 Å². The van der Waals surface area contributed by atoms with Crippen molar-refractivity contribution >= 4 is 5.97 Å². The van der Waals surface area contributed by atoms with Gasteiger partial charge in [0, 0.05) is 0 Å². The maximum Gasteiger partial charge on any atom is 0.313 e. The first-order chi connectivity index (χ1) is 9.91. The van der Waals surface area contributed by atoms with E-state index in [4.69, 9.17) is 4.74 Å². The molecule has 1 aromatic rings. The largest absolute Gasteiger partial charge is 0.459 e. The van der Waals surface area contributed by atoms with E-state index in [0.29, 0.717) is 0 Å². The number of rotatable bonds is 1. The summed E-state index contributed by atoms with van der Waals surface area (Å²) in [5, 5.41) is 3.43. The lowest BCUT2D eigenvalue weighted by Crippen LogP contribution is -2.39. The van der Waals surface area contributed by atoms with Crippen molar-refractivity contribution in [1.29, 1.82) is 0 Å². The lowest BCUT2D eigenvalue weighted by Gasteiger charge is -2.35. The van der Waals surface area contributed by atoms with Crippen LogP contribution in [0.25, 0.3) is 0 Å². The van der Waals surface area contributed by atoms with E-state index in [-0.39, 0.29) is 17.3 Å². The maximum atomic E-state index is 12.6. The summed E-state index contributed by atoms with van der Waals surface area (Å²) in [7, 11) is 0. The molecule has 1 fully saturated rings. The molecule has 114 valence electrons. The highest BCUT2D eigenvalue weighted by molar-refractivity contribution is 5.81. The number of carbonyl (C=O) groups excluding carboxylic acids is 1. The Hall–Kier alpha value is -1.35. The third kappa shape index (κ3) is 2.71. The van der Waals surface area contributed by atoms with Gasteiger partial charge >= 0.3 is 5.97 Å². The summed E-state index contributed by atoms with van der Waals surface area (Å²) in [6.07, 6.45) is 3.13. The number of piperidine rings is 1. The predicted molar refractivity (Wildman–Crippen MR) is 83.4 cm³/mol. The highest BCUT2D eigenvalue weighted by Gasteiger charge is 2.47. The summed E-state index contributed by atoms with van der Waals surface area (Å²) in [6.45, 7) is 7.88. The van der Waals surface area contributed by atoms with Gasteiger partial charge in [-0.15, -0.1) is 0 Å². The fourth-order valence-corrected chi connectivity index (χ4v) is 3.86. The molecule has 3 rings (SSSR count). The van der Waals surface area contributed by atoms with Gasteiger partial charge in [-0.2, -0.15) is 0 Å². The second kappa shape index (κ2) is 5.13. The zero-order chi connectivity index (χ0) is 15.1. The van der Waals surface area contributed by atoms with Crippen molar-refractivity contribution in [3.8, 4) is 0 Å². The Labute approximate surface area is 127 Å². The van der Waals surface area contributed by atoms with Crippen LogP contribution in [0.3, 0.4) is 0 Å². The van der Waals surface area contributed by atoms with Crippen LogP contribution in [0.5, 0.6) is 0 Å². The number of carbonyl (C=O) groups is 1. The summed E-state index contributed by atoms with van der Waals surface area (Å²) in [5.74, 6) is -0.163. The Bertz CT molecular complexity index is 538. The summed E-state index contributed by atoms with van der Waals surface area (Å²) >= 11 is 0. The molecule has 1 aliphatic carbocycles. The molecule has 1 atom stereocenters. The van der Waals surface area contributed by atoms with E-state index in [1.807, 2.05) is 26.8 Å². The third-order valence-corrected chi connectivity index (χ3v) is 4.75. The molecule has 0 amide bonds. The summed E-state index contributed by atoms with van der Waals surface area (Å²) in [6, 6.07) is 8.46. The second-order valence-corrected chi connectivity index (χ2v) is 7.41. The van der Waals surface area contributed by atoms with Crippen LogP contribution >= 0.6 is 0 Å². The van der Waals surface area contributed by atoms with Crippen molar-refractivity contribution in [2.24, 2.45) is 0 Å². The van der Waals surface area contributed by atoms with Crippen molar-refractivity contribution in [1.82, 2.24) is 5.32 Å². The van der Waals surface area contributed by atoms with Crippen LogP contribution in [0.2, 0.25) is 0 Å². The zero-order valence-corrected chi connectivity index (χ0v) is 13.2. The number of fused-ring (bicyclic) bond motifs is 2. The van der Waals surface area contributed by atoms with Crippen molar-refractivity contribution < 1.29 is 9.53 Å². The van der Waals surface area contributed by atoms with Gasteiger partial charge in [0.05, 0.1) is 5.92 Å². The molecule has 1 heterocycles. The monoisotopic (exact) mass is 287 g/mol. The van der Waals surface area contributed by atoms with E-state index >= 15 is 0 Å². The Morgan fingerprint density at radius 1 is 1.24 bits per heavy atom. The predicted octanol–water partition coefficient (Wildman–Crippen LogP) is 3.14. The molecular formula is C18H25NO2. The van der Waals surface area contributed by atoms with E-state index in [9.17, 15) is 4.79 Å². The minimum Gasteiger partial charge on any atom is -0.459 e. The van der Waals surface area contributed by atoms with Crippen molar-refractivity contribution in [3.63, 3.8) is 0 Å². The van der Waals surface area contributed by atoms with Gasteiger partial charge in [0.1, 0.15) is 5.60 Å². The topological polar surface area (TPSA) is 38.3 Å². The normalized spacial score (nSPS) is 23.9. The quantitative estimate of drug-likeness (QED) is 0.806. The number of ether oxygens (including phenoxy) is 1. The zero-order valence-electron chi connectivity index (χ0n) is 13.2. The molecule has 21 heavy (non-hydrogen) atoms. The molecule has 0 saturated carbocycles. The lowest BCUT2D eigenvalue weighted by atomic mass is 9.74. The Balaban J connectivity index is 1.93. The van der Waals surface area contributed by atoms with E-state index in [1.54, 1.807) is 0 Å². The molecule has 1 aliphatic heterocycles. The van der Waals surface area contributed by atoms with Crippen molar-refractivity contribution in [3.05, 3.63) is 35.4 Å². The fraction of sp³-hybridized carbons (Fsp3) is 0.611. The van der Waals surface area contributed by atoms with Gasteiger partial charge in [-0.3, -0.25) is 4.79 Å². The average Bonchev–Trinajstić information content (AvgIpc) is 2.74. The molecule has 1 saturated heterocycles. The smallest absolute Gasteiger partial charge is 0.313 e. The Morgan fingerprint density at radius 2 is 1.90 bits per heavy atom. The minimum atomic E-state index is -0.421. The van der Waals surface area contributed by atoms with Gasteiger partial charge in [0.15, 0.2) is 0 Å². The molecule has 0 radical (unpaired) electrons. The molecule has 1 N–H and O–H groups in total. The number of esters is 1. The van der Waals surface area contributed by atoms with Crippen LogP contribution in [0.1, 0.15) is 57.1 Å². The number of benzene rings is 1. The lowest BCUT2D eigenvalue weighted by molar-refractivity contribution is -0.157. The van der Waals surface area contributed by atoms with E-state index in [1.165, 1.54) is 11.1 Å². The van der Waals surface area contributed by atoms with E-state index in [0.717, 1.165) is 32.4 Å². The van der Waals surface area contributed by atoms with Gasteiger partial charge < -0.3 is 10.1 Å². The molecule has 3 nitrogen and oxygen atoms in total. The van der Waals surface area contributed by atoms with Crippen LogP contribution in [0.4, 0.5) is 0 Å². The fourth-order valence-electron chi connectivity index (χ4n) is 3.86. The molecular weight excluding hydrogens is 262 g/mol. The molecule has 1 unspecified atom stereocenters. The number of hydrogen-bond acceptors (Lipinski definition) is 3. The third-order valence-electron chi connectivity index (χ3n) is 4.75. The second-order valence-electron chi connectivity index (χ2n) is 7.41. The molecule has 0 aromatic heterocycles. The first-order valence-corrected chi connectivity index (χ1v) is 7.94. The van der Waals surface area contributed by atoms with Crippen LogP contribution < -0.4 is 5.32 Å². The standard InChI is InChI=1S/C18H25NO2/c1-17(2,3)21-16(20)14-12-18(8-10-19-11-9-18)15-7-5-4-6-13(14)15/h4-7,14,19H,8-12H2,1-3H3. The summed E-state index contributed by atoms with van der Waals surface area (Å²) in [5.41, 5.74) is 2.32. The molecule has 2 aliphatic rings. The SMILES string of the molecule is CC(C)(C)OC(=O)C1CC2(CCNCC2)c2ccccc21. The van der Waals surface area contributed by atoms with Gasteiger partial charge in [0.25, 0.3) is 0 Å². The van der Waals surface area contributed by atoms with Crippen molar-refractivity contribution in [2.75, 3.05) is 13.1 Å². The van der Waals surface area contributed by atoms with Crippen LogP contribution in [0.15, 0.2) is 24.3 Å². The van der Waals surface area contributed by atoms with Gasteiger partial charge in [-0.1, -0.05) is 24.3 Å². The molecule has 1 spiro atoms. The average molecular weight is 287 g/mol. The van der Waals surface area contributed by atoms with E-state index < -0.39 is 5.60 Å². The van der Waals surface area contributed by atoms with Gasteiger partial charge in [0.2, 0.25) is 0 Å². The van der Waals surface area contributed by atoms with Gasteiger partial charge in [-0.25, -0.2) is 0 Å².